The van der Waals surface area contributed by atoms with Gasteiger partial charge in [0.25, 0.3) is 0 Å². The van der Waals surface area contributed by atoms with Crippen molar-refractivity contribution in [1.29, 1.82) is 0 Å². The largest absolute Gasteiger partial charge is 0.442 e. The molecule has 0 radical (unpaired) electrons. The van der Waals surface area contributed by atoms with Crippen LogP contribution in [0, 0.1) is 17.2 Å². The summed E-state index contributed by atoms with van der Waals surface area (Å²) in [6, 6.07) is 4.76. The highest BCUT2D eigenvalue weighted by molar-refractivity contribution is 7.86. The topological polar surface area (TPSA) is 79.0 Å². The lowest BCUT2D eigenvalue weighted by molar-refractivity contribution is -0.127. The predicted octanol–water partition coefficient (Wildman–Crippen LogP) is 1.64. The van der Waals surface area contributed by atoms with Crippen molar-refractivity contribution < 1.29 is 22.9 Å². The van der Waals surface area contributed by atoms with Crippen LogP contribution in [0.15, 0.2) is 18.2 Å². The molecule has 3 saturated heterocycles. The summed E-state index contributed by atoms with van der Waals surface area (Å²) in [6.07, 6.45) is 1.96. The molecule has 2 amide bonds. The van der Waals surface area contributed by atoms with E-state index in [9.17, 15) is 18.2 Å². The Labute approximate surface area is 171 Å². The van der Waals surface area contributed by atoms with Gasteiger partial charge in [0.15, 0.2) is 0 Å². The minimum atomic E-state index is -0.709. The van der Waals surface area contributed by atoms with Crippen LogP contribution >= 0.6 is 0 Å². The van der Waals surface area contributed by atoms with Crippen molar-refractivity contribution in [3.8, 4) is 0 Å². The number of rotatable bonds is 5. The first-order chi connectivity index (χ1) is 13.9. The molecular weight excluding hydrogens is 397 g/mol. The van der Waals surface area contributed by atoms with E-state index in [0.717, 1.165) is 32.4 Å². The fourth-order valence-electron chi connectivity index (χ4n) is 4.55. The zero-order valence-electron chi connectivity index (χ0n) is 16.1. The molecule has 1 unspecified atom stereocenters. The number of amides is 2. The third kappa shape index (κ3) is 3.39. The van der Waals surface area contributed by atoms with Gasteiger partial charge in [0.05, 0.1) is 24.5 Å². The molecule has 1 aromatic carbocycles. The SMILES string of the molecule is O=C(NCC1CN(c2ccc(N3CC4(C3)CS(=O)C4)c(F)c2)C(=O)O1)C1CCC1. The van der Waals surface area contributed by atoms with Gasteiger partial charge in [-0.2, -0.15) is 0 Å². The predicted molar refractivity (Wildman–Crippen MR) is 107 cm³/mol. The highest BCUT2D eigenvalue weighted by Gasteiger charge is 2.52. The molecule has 0 bridgehead atoms. The Morgan fingerprint density at radius 3 is 2.69 bits per heavy atom. The van der Waals surface area contributed by atoms with Crippen LogP contribution in [0.5, 0.6) is 0 Å². The molecule has 1 spiro atoms. The van der Waals surface area contributed by atoms with Crippen LogP contribution in [0.2, 0.25) is 0 Å². The number of carbonyl (C=O) groups excluding carboxylic acids is 2. The number of ether oxygens (including phenoxy) is 1. The quantitative estimate of drug-likeness (QED) is 0.782. The first-order valence-electron chi connectivity index (χ1n) is 10.1. The maximum atomic E-state index is 14.7. The van der Waals surface area contributed by atoms with Gasteiger partial charge >= 0.3 is 6.09 Å². The van der Waals surface area contributed by atoms with E-state index in [1.165, 1.54) is 11.0 Å². The summed E-state index contributed by atoms with van der Waals surface area (Å²) in [7, 11) is -0.709. The van der Waals surface area contributed by atoms with Crippen molar-refractivity contribution in [1.82, 2.24) is 5.32 Å². The molecule has 0 aromatic heterocycles. The third-order valence-corrected chi connectivity index (χ3v) is 8.29. The standard InChI is InChI=1S/C20H24FN3O4S/c21-16-6-14(4-5-17(16)23-9-20(10-23)11-29(27)12-20)24-8-15(28-19(24)26)7-22-18(25)13-2-1-3-13/h4-6,13,15H,1-3,7-12H2,(H,22,25). The molecule has 9 heteroatoms. The number of nitrogens with zero attached hydrogens (tertiary/aromatic N) is 2. The fourth-order valence-corrected chi connectivity index (χ4v) is 6.19. The maximum Gasteiger partial charge on any atom is 0.414 e. The molecule has 1 N–H and O–H groups in total. The number of hydrogen-bond acceptors (Lipinski definition) is 5. The monoisotopic (exact) mass is 421 g/mol. The molecule has 1 atom stereocenters. The van der Waals surface area contributed by atoms with Gasteiger partial charge in [-0.1, -0.05) is 6.42 Å². The minimum Gasteiger partial charge on any atom is -0.442 e. The number of anilines is 2. The second kappa shape index (κ2) is 6.97. The first-order valence-corrected chi connectivity index (χ1v) is 11.6. The van der Waals surface area contributed by atoms with Crippen molar-refractivity contribution in [3.63, 3.8) is 0 Å². The van der Waals surface area contributed by atoms with E-state index < -0.39 is 23.0 Å². The average Bonchev–Trinajstić information content (AvgIpc) is 2.95. The average molecular weight is 421 g/mol. The first kappa shape index (κ1) is 18.8. The summed E-state index contributed by atoms with van der Waals surface area (Å²) in [6.45, 7) is 2.00. The lowest BCUT2D eigenvalue weighted by atomic mass is 9.82. The second-order valence-corrected chi connectivity index (χ2v) is 10.2. The van der Waals surface area contributed by atoms with Crippen molar-refractivity contribution in [2.45, 2.75) is 25.4 Å². The van der Waals surface area contributed by atoms with Gasteiger partial charge in [0.1, 0.15) is 11.9 Å². The number of cyclic esters (lactones) is 1. The summed E-state index contributed by atoms with van der Waals surface area (Å²) in [5.41, 5.74) is 1.06. The van der Waals surface area contributed by atoms with Gasteiger partial charge < -0.3 is 15.0 Å². The lowest BCUT2D eigenvalue weighted by Gasteiger charge is -2.55. The van der Waals surface area contributed by atoms with E-state index in [2.05, 4.69) is 5.32 Å². The van der Waals surface area contributed by atoms with Crippen molar-refractivity contribution in [2.75, 3.05) is 47.5 Å². The molecule has 1 aromatic rings. The summed E-state index contributed by atoms with van der Waals surface area (Å²) >= 11 is 0. The molecule has 3 heterocycles. The highest BCUT2D eigenvalue weighted by Crippen LogP contribution is 2.43. The van der Waals surface area contributed by atoms with Gasteiger partial charge in [-0.05, 0) is 31.0 Å². The number of hydrogen-bond donors (Lipinski definition) is 1. The van der Waals surface area contributed by atoms with E-state index in [1.807, 2.05) is 4.90 Å². The summed E-state index contributed by atoms with van der Waals surface area (Å²) < 4.78 is 31.4. The van der Waals surface area contributed by atoms with E-state index in [-0.39, 0.29) is 36.1 Å². The number of carbonyl (C=O) groups is 2. The van der Waals surface area contributed by atoms with Crippen LogP contribution in [0.1, 0.15) is 19.3 Å². The van der Waals surface area contributed by atoms with Gasteiger partial charge in [-0.3, -0.25) is 13.9 Å². The van der Waals surface area contributed by atoms with Crippen molar-refractivity contribution in [2.24, 2.45) is 11.3 Å². The van der Waals surface area contributed by atoms with Crippen LogP contribution in [-0.2, 0) is 20.3 Å². The van der Waals surface area contributed by atoms with E-state index >= 15 is 0 Å². The summed E-state index contributed by atoms with van der Waals surface area (Å²) in [4.78, 5) is 27.5. The number of nitrogens with one attached hydrogen (secondary N) is 1. The molecule has 1 aliphatic carbocycles. The molecule has 7 nitrogen and oxygen atoms in total. The van der Waals surface area contributed by atoms with Gasteiger partial charge in [0, 0.05) is 46.7 Å². The number of benzene rings is 1. The normalized spacial score (nSPS) is 26.0. The van der Waals surface area contributed by atoms with Crippen molar-refractivity contribution >= 4 is 34.2 Å². The van der Waals surface area contributed by atoms with E-state index in [1.54, 1.807) is 12.1 Å². The molecule has 1 saturated carbocycles. The fraction of sp³-hybridized carbons (Fsp3) is 0.600. The Morgan fingerprint density at radius 2 is 2.07 bits per heavy atom. The second-order valence-electron chi connectivity index (χ2n) is 8.71. The van der Waals surface area contributed by atoms with Gasteiger partial charge in [-0.15, -0.1) is 0 Å². The van der Waals surface area contributed by atoms with Crippen LogP contribution in [0.25, 0.3) is 0 Å². The van der Waals surface area contributed by atoms with Crippen LogP contribution in [0.4, 0.5) is 20.6 Å². The van der Waals surface area contributed by atoms with Crippen molar-refractivity contribution in [3.05, 3.63) is 24.0 Å². The molecule has 3 aliphatic heterocycles. The zero-order chi connectivity index (χ0) is 20.2. The third-order valence-electron chi connectivity index (χ3n) is 6.42. The van der Waals surface area contributed by atoms with Crippen LogP contribution < -0.4 is 15.1 Å². The smallest absolute Gasteiger partial charge is 0.414 e. The van der Waals surface area contributed by atoms with Gasteiger partial charge in [-0.25, -0.2) is 9.18 Å². The maximum absolute atomic E-state index is 14.7. The summed E-state index contributed by atoms with van der Waals surface area (Å²) in [5.74, 6) is 1.14. The molecular formula is C20H24FN3O4S. The lowest BCUT2D eigenvalue weighted by Crippen LogP contribution is -2.67. The highest BCUT2D eigenvalue weighted by atomic mass is 32.2. The Kier molecular flexibility index (Phi) is 4.53. The Bertz CT molecular complexity index is 874. The molecule has 29 heavy (non-hydrogen) atoms. The van der Waals surface area contributed by atoms with E-state index in [4.69, 9.17) is 4.74 Å². The van der Waals surface area contributed by atoms with Gasteiger partial charge in [0.2, 0.25) is 5.91 Å². The summed E-state index contributed by atoms with van der Waals surface area (Å²) in [5, 5.41) is 2.85. The Morgan fingerprint density at radius 1 is 1.31 bits per heavy atom. The Hall–Kier alpha value is -2.16. The molecule has 5 rings (SSSR count). The van der Waals surface area contributed by atoms with Crippen LogP contribution in [-0.4, -0.2) is 60.0 Å². The van der Waals surface area contributed by atoms with Crippen LogP contribution in [0.3, 0.4) is 0 Å². The zero-order valence-corrected chi connectivity index (χ0v) is 16.9. The minimum absolute atomic E-state index is 0.0174. The van der Waals surface area contributed by atoms with E-state index in [0.29, 0.717) is 22.9 Å². The number of halogens is 1. The molecule has 156 valence electrons. The molecule has 4 fully saturated rings. The molecule has 4 aliphatic rings. The Balaban J connectivity index is 1.18.